The van der Waals surface area contributed by atoms with E-state index in [0.717, 1.165) is 0 Å². The Hall–Kier alpha value is -3.89. The zero-order valence-corrected chi connectivity index (χ0v) is 22.5. The van der Waals surface area contributed by atoms with Crippen LogP contribution in [0.15, 0.2) is 64.3 Å². The van der Waals surface area contributed by atoms with Gasteiger partial charge in [-0.1, -0.05) is 29.8 Å². The number of halogens is 1. The fourth-order valence-electron chi connectivity index (χ4n) is 4.35. The van der Waals surface area contributed by atoms with Gasteiger partial charge in [0.25, 0.3) is 11.8 Å². The molecule has 1 aliphatic heterocycles. The van der Waals surface area contributed by atoms with Crippen molar-refractivity contribution in [2.24, 2.45) is 0 Å². The average molecular weight is 539 g/mol. The van der Waals surface area contributed by atoms with Crippen LogP contribution >= 0.6 is 11.6 Å². The van der Waals surface area contributed by atoms with Crippen LogP contribution in [0.5, 0.6) is 5.75 Å². The number of carbonyl (C=O) groups excluding carboxylic acids is 2. The van der Waals surface area contributed by atoms with Gasteiger partial charge < -0.3 is 25.1 Å². The highest BCUT2D eigenvalue weighted by molar-refractivity contribution is 6.30. The number of carbonyl (C=O) groups is 2. The molecule has 0 saturated carbocycles. The maximum atomic E-state index is 13.3. The van der Waals surface area contributed by atoms with Gasteiger partial charge in [-0.15, -0.1) is 10.2 Å². The van der Waals surface area contributed by atoms with Gasteiger partial charge in [-0.2, -0.15) is 0 Å². The molecule has 2 aromatic carbocycles. The van der Waals surface area contributed by atoms with Crippen molar-refractivity contribution >= 4 is 29.1 Å². The smallest absolute Gasteiger partial charge is 0.273 e. The number of hydrogen-bond donors (Lipinski definition) is 3. The highest BCUT2D eigenvalue weighted by Gasteiger charge is 2.39. The summed E-state index contributed by atoms with van der Waals surface area (Å²) >= 11 is 6.18. The lowest BCUT2D eigenvalue weighted by Crippen LogP contribution is -2.44. The molecule has 0 aliphatic carbocycles. The van der Waals surface area contributed by atoms with Crippen molar-refractivity contribution < 1.29 is 18.7 Å². The Morgan fingerprint density at radius 1 is 1.16 bits per heavy atom. The maximum absolute atomic E-state index is 13.3. The second-order valence-electron chi connectivity index (χ2n) is 8.85. The summed E-state index contributed by atoms with van der Waals surface area (Å²) in [4.78, 5) is 28.2. The summed E-state index contributed by atoms with van der Waals surface area (Å²) < 4.78 is 11.7. The lowest BCUT2D eigenvalue weighted by atomic mass is 10.1. The maximum Gasteiger partial charge on any atom is 0.273 e. The molecule has 10 nitrogen and oxygen atoms in total. The fraction of sp³-hybridized carbons (Fsp3) is 0.333. The van der Waals surface area contributed by atoms with E-state index in [1.165, 1.54) is 0 Å². The third-order valence-electron chi connectivity index (χ3n) is 6.45. The van der Waals surface area contributed by atoms with Crippen molar-refractivity contribution in [2.75, 3.05) is 26.0 Å². The molecule has 4 rings (SSSR count). The quantitative estimate of drug-likeness (QED) is 0.348. The van der Waals surface area contributed by atoms with Gasteiger partial charge in [-0.3, -0.25) is 14.5 Å². The Morgan fingerprint density at radius 3 is 2.63 bits per heavy atom. The van der Waals surface area contributed by atoms with Gasteiger partial charge in [0, 0.05) is 23.5 Å². The standard InChI is InChI=1S/C27H31ClN6O4/c1-5-37-22-14-11-17(28)15-19(22)26-32-33-27(38-26)21-13-12-20(34(21)4)24(35)31-23(16(2)29-3)25(36)30-18-9-7-6-8-10-18/h6-11,14-15,20-21,29H,5,12-13H2,1-4H3,(H,30,36)(H,31,35)/b23-16+/t20-,21-/m0/s1. The lowest BCUT2D eigenvalue weighted by Gasteiger charge is -2.24. The Balaban J connectivity index is 1.48. The second kappa shape index (κ2) is 12.1. The van der Waals surface area contributed by atoms with Crippen molar-refractivity contribution in [3.8, 4) is 17.2 Å². The molecule has 1 aliphatic rings. The van der Waals surface area contributed by atoms with Crippen LogP contribution in [0, 0.1) is 0 Å². The molecule has 200 valence electrons. The first kappa shape index (κ1) is 27.2. The van der Waals surface area contributed by atoms with Crippen LogP contribution in [0.3, 0.4) is 0 Å². The zero-order valence-electron chi connectivity index (χ0n) is 21.7. The van der Waals surface area contributed by atoms with E-state index in [1.807, 2.05) is 37.1 Å². The lowest BCUT2D eigenvalue weighted by molar-refractivity contribution is -0.126. The number of hydrogen-bond acceptors (Lipinski definition) is 8. The molecule has 3 aromatic rings. The molecule has 2 amide bonds. The van der Waals surface area contributed by atoms with Crippen molar-refractivity contribution in [3.05, 3.63) is 70.8 Å². The minimum atomic E-state index is -0.496. The molecule has 0 bridgehead atoms. The third kappa shape index (κ3) is 5.98. The van der Waals surface area contributed by atoms with Crippen molar-refractivity contribution in [1.29, 1.82) is 0 Å². The molecule has 11 heteroatoms. The van der Waals surface area contributed by atoms with Crippen LogP contribution in [-0.2, 0) is 9.59 Å². The van der Waals surface area contributed by atoms with E-state index in [2.05, 4.69) is 26.1 Å². The van der Waals surface area contributed by atoms with E-state index >= 15 is 0 Å². The summed E-state index contributed by atoms with van der Waals surface area (Å²) in [6.07, 6.45) is 1.18. The van der Waals surface area contributed by atoms with Crippen LogP contribution in [0.25, 0.3) is 11.5 Å². The van der Waals surface area contributed by atoms with Gasteiger partial charge in [0.05, 0.1) is 24.3 Å². The number of rotatable bonds is 9. The summed E-state index contributed by atoms with van der Waals surface area (Å²) in [5.74, 6) is 0.568. The summed E-state index contributed by atoms with van der Waals surface area (Å²) in [6, 6.07) is 13.5. The molecule has 1 saturated heterocycles. The summed E-state index contributed by atoms with van der Waals surface area (Å²) in [6.45, 7) is 4.10. The number of para-hydroxylation sites is 1. The van der Waals surface area contributed by atoms with E-state index < -0.39 is 11.9 Å². The number of ether oxygens (including phenoxy) is 1. The Bertz CT molecular complexity index is 1330. The van der Waals surface area contributed by atoms with Crippen LogP contribution < -0.4 is 20.7 Å². The molecule has 38 heavy (non-hydrogen) atoms. The predicted molar refractivity (Wildman–Crippen MR) is 144 cm³/mol. The first-order valence-electron chi connectivity index (χ1n) is 12.4. The van der Waals surface area contributed by atoms with Crippen LogP contribution in [0.1, 0.15) is 38.6 Å². The van der Waals surface area contributed by atoms with E-state index in [0.29, 0.717) is 58.9 Å². The Labute approximate surface area is 226 Å². The van der Waals surface area contributed by atoms with Gasteiger partial charge >= 0.3 is 0 Å². The number of benzene rings is 2. The number of likely N-dealkylation sites (tertiary alicyclic amines) is 1. The van der Waals surface area contributed by atoms with Crippen LogP contribution in [-0.4, -0.2) is 53.7 Å². The molecule has 0 unspecified atom stereocenters. The summed E-state index contributed by atoms with van der Waals surface area (Å²) in [5, 5.41) is 17.6. The molecule has 2 heterocycles. The molecule has 1 fully saturated rings. The molecule has 2 atom stereocenters. The monoisotopic (exact) mass is 538 g/mol. The summed E-state index contributed by atoms with van der Waals surface area (Å²) in [5.41, 5.74) is 1.93. The molecule has 0 radical (unpaired) electrons. The van der Waals surface area contributed by atoms with Crippen molar-refractivity contribution in [3.63, 3.8) is 0 Å². The number of aromatic nitrogens is 2. The Kier molecular flexibility index (Phi) is 8.65. The number of amides is 2. The third-order valence-corrected chi connectivity index (χ3v) is 6.69. The van der Waals surface area contributed by atoms with Gasteiger partial charge in [0.15, 0.2) is 0 Å². The first-order valence-corrected chi connectivity index (χ1v) is 12.7. The first-order chi connectivity index (χ1) is 18.3. The number of likely N-dealkylation sites (N-methyl/N-ethyl adjacent to an activating group) is 1. The van der Waals surface area contributed by atoms with Gasteiger partial charge in [-0.05, 0) is 64.1 Å². The van der Waals surface area contributed by atoms with E-state index in [9.17, 15) is 9.59 Å². The highest BCUT2D eigenvalue weighted by atomic mass is 35.5. The van der Waals surface area contributed by atoms with Gasteiger partial charge in [0.2, 0.25) is 11.8 Å². The SMILES string of the molecule is CCOc1ccc(Cl)cc1-c1nnc([C@@H]2CC[C@@H](C(=O)N/C(C(=O)Nc3ccccc3)=C(\C)NC)N2C)o1. The number of anilines is 1. The number of nitrogens with one attached hydrogen (secondary N) is 3. The van der Waals surface area contributed by atoms with Gasteiger partial charge in [0.1, 0.15) is 11.4 Å². The van der Waals surface area contributed by atoms with Crippen molar-refractivity contribution in [2.45, 2.75) is 38.8 Å². The highest BCUT2D eigenvalue weighted by Crippen LogP contribution is 2.37. The predicted octanol–water partition coefficient (Wildman–Crippen LogP) is 4.13. The second-order valence-corrected chi connectivity index (χ2v) is 9.29. The minimum absolute atomic E-state index is 0.155. The molecule has 0 spiro atoms. The van der Waals surface area contributed by atoms with E-state index in [4.69, 9.17) is 20.8 Å². The van der Waals surface area contributed by atoms with Gasteiger partial charge in [-0.25, -0.2) is 0 Å². The van der Waals surface area contributed by atoms with Crippen molar-refractivity contribution in [1.82, 2.24) is 25.7 Å². The number of nitrogens with zero attached hydrogens (tertiary/aromatic N) is 3. The molecular weight excluding hydrogens is 508 g/mol. The summed E-state index contributed by atoms with van der Waals surface area (Å²) in [7, 11) is 3.52. The average Bonchev–Trinajstić information content (AvgIpc) is 3.55. The minimum Gasteiger partial charge on any atom is -0.493 e. The van der Waals surface area contributed by atoms with Crippen LogP contribution in [0.4, 0.5) is 5.69 Å². The molecular formula is C27H31ClN6O4. The molecule has 3 N–H and O–H groups in total. The zero-order chi connectivity index (χ0) is 27.2. The topological polar surface area (TPSA) is 122 Å². The largest absolute Gasteiger partial charge is 0.493 e. The number of allylic oxidation sites excluding steroid dienone is 1. The van der Waals surface area contributed by atoms with E-state index in [-0.39, 0.29) is 17.6 Å². The van der Waals surface area contributed by atoms with Crippen LogP contribution in [0.2, 0.25) is 5.02 Å². The normalized spacial score (nSPS) is 18.0. The fourth-order valence-corrected chi connectivity index (χ4v) is 4.52. The molecule has 1 aromatic heterocycles. The van der Waals surface area contributed by atoms with E-state index in [1.54, 1.807) is 44.3 Å². The Morgan fingerprint density at radius 2 is 1.92 bits per heavy atom.